The second kappa shape index (κ2) is 5.54. The van der Waals surface area contributed by atoms with Crippen molar-refractivity contribution in [3.8, 4) is 0 Å². The van der Waals surface area contributed by atoms with Gasteiger partial charge in [0.2, 0.25) is 0 Å². The average molecular weight is 179 g/mol. The van der Waals surface area contributed by atoms with E-state index in [1.165, 1.54) is 12.0 Å². The molecule has 0 radical (unpaired) electrons. The number of pyridine rings is 1. The molecule has 0 atom stereocenters. The van der Waals surface area contributed by atoms with Crippen molar-refractivity contribution in [3.05, 3.63) is 23.9 Å². The Morgan fingerprint density at radius 2 is 2.31 bits per heavy atom. The molecule has 72 valence electrons. The van der Waals surface area contributed by atoms with E-state index in [0.29, 0.717) is 5.82 Å². The van der Waals surface area contributed by atoms with Crippen LogP contribution < -0.4 is 11.1 Å². The predicted molar refractivity (Wildman–Crippen MR) is 55.5 cm³/mol. The molecular formula is C10H17N3. The van der Waals surface area contributed by atoms with Crippen LogP contribution in [0.25, 0.3) is 0 Å². The number of hydrogen-bond donors (Lipinski definition) is 2. The molecule has 0 spiro atoms. The van der Waals surface area contributed by atoms with E-state index in [1.54, 1.807) is 6.20 Å². The second-order valence-corrected chi connectivity index (χ2v) is 3.11. The van der Waals surface area contributed by atoms with Crippen molar-refractivity contribution in [2.45, 2.75) is 19.3 Å². The maximum absolute atomic E-state index is 5.71. The standard InChI is InChI=1S/C10H17N3/c1-12-7-3-2-5-9-6-4-8-13-10(9)11/h4,6,8,12H,2-3,5,7H2,1H3,(H2,11,13). The first-order valence-corrected chi connectivity index (χ1v) is 4.68. The third-order valence-electron chi connectivity index (χ3n) is 2.05. The Balaban J connectivity index is 2.32. The SMILES string of the molecule is CNCCCCc1cccnc1N. The Kier molecular flexibility index (Phi) is 4.26. The Bertz CT molecular complexity index is 248. The summed E-state index contributed by atoms with van der Waals surface area (Å²) in [5.74, 6) is 0.673. The molecule has 0 saturated heterocycles. The van der Waals surface area contributed by atoms with E-state index in [0.717, 1.165) is 19.4 Å². The molecule has 1 aromatic rings. The highest BCUT2D eigenvalue weighted by Crippen LogP contribution is 2.10. The number of unbranched alkanes of at least 4 members (excludes halogenated alkanes) is 1. The van der Waals surface area contributed by atoms with Gasteiger partial charge in [-0.15, -0.1) is 0 Å². The normalized spacial score (nSPS) is 10.2. The summed E-state index contributed by atoms with van der Waals surface area (Å²) in [6.07, 6.45) is 5.11. The number of nitrogens with zero attached hydrogens (tertiary/aromatic N) is 1. The van der Waals surface area contributed by atoms with Gasteiger partial charge in [-0.2, -0.15) is 0 Å². The Labute approximate surface area is 79.4 Å². The van der Waals surface area contributed by atoms with Crippen molar-refractivity contribution in [1.82, 2.24) is 10.3 Å². The number of nitrogens with two attached hydrogens (primary N) is 1. The minimum atomic E-state index is 0.673. The van der Waals surface area contributed by atoms with Crippen LogP contribution in [0.3, 0.4) is 0 Å². The maximum Gasteiger partial charge on any atom is 0.126 e. The number of rotatable bonds is 5. The van der Waals surface area contributed by atoms with Gasteiger partial charge in [-0.3, -0.25) is 0 Å². The van der Waals surface area contributed by atoms with Crippen LogP contribution in [0, 0.1) is 0 Å². The largest absolute Gasteiger partial charge is 0.383 e. The molecule has 0 aromatic carbocycles. The van der Waals surface area contributed by atoms with Gasteiger partial charge >= 0.3 is 0 Å². The van der Waals surface area contributed by atoms with Crippen LogP contribution in [0.1, 0.15) is 18.4 Å². The summed E-state index contributed by atoms with van der Waals surface area (Å²) in [5.41, 5.74) is 6.87. The van der Waals surface area contributed by atoms with Crippen molar-refractivity contribution in [2.24, 2.45) is 0 Å². The van der Waals surface area contributed by atoms with Gasteiger partial charge in [0.1, 0.15) is 5.82 Å². The Hall–Kier alpha value is -1.09. The highest BCUT2D eigenvalue weighted by molar-refractivity contribution is 5.38. The van der Waals surface area contributed by atoms with Crippen LogP contribution in [0.15, 0.2) is 18.3 Å². The molecule has 0 aliphatic heterocycles. The zero-order valence-corrected chi connectivity index (χ0v) is 8.09. The first-order valence-electron chi connectivity index (χ1n) is 4.68. The molecular weight excluding hydrogens is 162 g/mol. The smallest absolute Gasteiger partial charge is 0.126 e. The molecule has 0 unspecified atom stereocenters. The molecule has 1 heterocycles. The number of nitrogens with one attached hydrogen (secondary N) is 1. The molecule has 0 saturated carbocycles. The summed E-state index contributed by atoms with van der Waals surface area (Å²) in [7, 11) is 1.97. The molecule has 0 amide bonds. The van der Waals surface area contributed by atoms with Gasteiger partial charge in [-0.1, -0.05) is 6.07 Å². The fourth-order valence-corrected chi connectivity index (χ4v) is 1.28. The lowest BCUT2D eigenvalue weighted by molar-refractivity contribution is 0.677. The van der Waals surface area contributed by atoms with E-state index in [4.69, 9.17) is 5.73 Å². The van der Waals surface area contributed by atoms with E-state index < -0.39 is 0 Å². The fourth-order valence-electron chi connectivity index (χ4n) is 1.28. The number of nitrogen functional groups attached to an aromatic ring is 1. The van der Waals surface area contributed by atoms with Gasteiger partial charge in [0.25, 0.3) is 0 Å². The fraction of sp³-hybridized carbons (Fsp3) is 0.500. The molecule has 0 fully saturated rings. The van der Waals surface area contributed by atoms with Crippen LogP contribution in [-0.4, -0.2) is 18.6 Å². The van der Waals surface area contributed by atoms with Crippen molar-refractivity contribution in [2.75, 3.05) is 19.3 Å². The van der Waals surface area contributed by atoms with E-state index in [9.17, 15) is 0 Å². The minimum absolute atomic E-state index is 0.673. The highest BCUT2D eigenvalue weighted by atomic mass is 14.8. The molecule has 3 heteroatoms. The number of aryl methyl sites for hydroxylation is 1. The van der Waals surface area contributed by atoms with E-state index in [1.807, 2.05) is 19.2 Å². The number of aromatic nitrogens is 1. The molecule has 13 heavy (non-hydrogen) atoms. The lowest BCUT2D eigenvalue weighted by Crippen LogP contribution is -2.07. The molecule has 1 rings (SSSR count). The summed E-state index contributed by atoms with van der Waals surface area (Å²) in [6, 6.07) is 3.98. The third-order valence-corrected chi connectivity index (χ3v) is 2.05. The van der Waals surface area contributed by atoms with Gasteiger partial charge in [0, 0.05) is 6.20 Å². The van der Waals surface area contributed by atoms with E-state index in [2.05, 4.69) is 10.3 Å². The van der Waals surface area contributed by atoms with Gasteiger partial charge in [0.05, 0.1) is 0 Å². The summed E-state index contributed by atoms with van der Waals surface area (Å²) < 4.78 is 0. The second-order valence-electron chi connectivity index (χ2n) is 3.11. The summed E-state index contributed by atoms with van der Waals surface area (Å²) in [5, 5.41) is 3.12. The monoisotopic (exact) mass is 179 g/mol. The lowest BCUT2D eigenvalue weighted by atomic mass is 10.1. The van der Waals surface area contributed by atoms with Crippen LogP contribution in [0.2, 0.25) is 0 Å². The van der Waals surface area contributed by atoms with E-state index in [-0.39, 0.29) is 0 Å². The van der Waals surface area contributed by atoms with Crippen LogP contribution in [0.4, 0.5) is 5.82 Å². The van der Waals surface area contributed by atoms with Gasteiger partial charge in [-0.05, 0) is 44.5 Å². The van der Waals surface area contributed by atoms with Gasteiger partial charge in [0.15, 0.2) is 0 Å². The summed E-state index contributed by atoms with van der Waals surface area (Å²) in [6.45, 7) is 1.07. The van der Waals surface area contributed by atoms with Gasteiger partial charge in [-0.25, -0.2) is 4.98 Å². The first kappa shape index (κ1) is 9.99. The number of anilines is 1. The molecule has 0 aliphatic rings. The first-order chi connectivity index (χ1) is 6.34. The molecule has 3 N–H and O–H groups in total. The summed E-state index contributed by atoms with van der Waals surface area (Å²) in [4.78, 5) is 4.04. The van der Waals surface area contributed by atoms with Crippen molar-refractivity contribution < 1.29 is 0 Å². The maximum atomic E-state index is 5.71. The minimum Gasteiger partial charge on any atom is -0.383 e. The lowest BCUT2D eigenvalue weighted by Gasteiger charge is -2.03. The van der Waals surface area contributed by atoms with E-state index >= 15 is 0 Å². The highest BCUT2D eigenvalue weighted by Gasteiger charge is 1.97. The van der Waals surface area contributed by atoms with Gasteiger partial charge < -0.3 is 11.1 Å². The Morgan fingerprint density at radius 1 is 1.46 bits per heavy atom. The zero-order chi connectivity index (χ0) is 9.52. The van der Waals surface area contributed by atoms with Crippen molar-refractivity contribution >= 4 is 5.82 Å². The van der Waals surface area contributed by atoms with Crippen LogP contribution in [0.5, 0.6) is 0 Å². The third kappa shape index (κ3) is 3.42. The topological polar surface area (TPSA) is 50.9 Å². The van der Waals surface area contributed by atoms with Crippen LogP contribution >= 0.6 is 0 Å². The van der Waals surface area contributed by atoms with Crippen LogP contribution in [-0.2, 0) is 6.42 Å². The van der Waals surface area contributed by atoms with Crippen molar-refractivity contribution in [1.29, 1.82) is 0 Å². The van der Waals surface area contributed by atoms with Crippen molar-refractivity contribution in [3.63, 3.8) is 0 Å². The molecule has 0 bridgehead atoms. The average Bonchev–Trinajstić information content (AvgIpc) is 2.15. The predicted octanol–water partition coefficient (Wildman–Crippen LogP) is 1.21. The molecule has 3 nitrogen and oxygen atoms in total. The number of hydrogen-bond acceptors (Lipinski definition) is 3. The molecule has 1 aromatic heterocycles. The summed E-state index contributed by atoms with van der Waals surface area (Å²) >= 11 is 0. The quantitative estimate of drug-likeness (QED) is 0.668. The zero-order valence-electron chi connectivity index (χ0n) is 8.09. The molecule has 0 aliphatic carbocycles. The Morgan fingerprint density at radius 3 is 3.00 bits per heavy atom.